The fraction of sp³-hybridized carbons (Fsp3) is 0.579. The predicted octanol–water partition coefficient (Wildman–Crippen LogP) is 2.44. The maximum atomic E-state index is 12.2. The summed E-state index contributed by atoms with van der Waals surface area (Å²) >= 11 is 0. The third-order valence-electron chi connectivity index (χ3n) is 4.25. The zero-order chi connectivity index (χ0) is 18.5. The Bertz CT molecular complexity index is 508. The molecule has 3 N–H and O–H groups in total. The Balaban J connectivity index is 2.19. The first-order chi connectivity index (χ1) is 12.1. The van der Waals surface area contributed by atoms with Crippen LogP contribution in [0, 0.1) is 5.92 Å². The molecule has 2 atom stereocenters. The van der Waals surface area contributed by atoms with Crippen LogP contribution in [0.5, 0.6) is 0 Å². The number of unbranched alkanes of at least 4 members (excludes halogenated alkanes) is 1. The molecule has 1 aromatic carbocycles. The van der Waals surface area contributed by atoms with Crippen molar-refractivity contribution in [3.05, 3.63) is 35.9 Å². The fourth-order valence-electron chi connectivity index (χ4n) is 2.46. The van der Waals surface area contributed by atoms with Gasteiger partial charge in [0, 0.05) is 0 Å². The SMILES string of the molecule is CC[C@H](C)[C@H](NC(=O)OC)C(=O)NCNCCCCc1ccccc1. The van der Waals surface area contributed by atoms with Crippen LogP contribution in [0.2, 0.25) is 0 Å². The van der Waals surface area contributed by atoms with E-state index in [2.05, 4.69) is 45.0 Å². The van der Waals surface area contributed by atoms with E-state index in [0.717, 1.165) is 32.2 Å². The lowest BCUT2D eigenvalue weighted by molar-refractivity contribution is -0.124. The Morgan fingerprint density at radius 1 is 1.16 bits per heavy atom. The highest BCUT2D eigenvalue weighted by Gasteiger charge is 2.25. The largest absolute Gasteiger partial charge is 0.453 e. The van der Waals surface area contributed by atoms with E-state index >= 15 is 0 Å². The number of carbonyl (C=O) groups is 2. The van der Waals surface area contributed by atoms with E-state index in [9.17, 15) is 9.59 Å². The second kappa shape index (κ2) is 12.3. The lowest BCUT2D eigenvalue weighted by atomic mass is 9.98. The number of ether oxygens (including phenoxy) is 1. The van der Waals surface area contributed by atoms with Crippen LogP contribution in [0.25, 0.3) is 0 Å². The van der Waals surface area contributed by atoms with Crippen molar-refractivity contribution in [2.24, 2.45) is 5.92 Å². The zero-order valence-corrected chi connectivity index (χ0v) is 15.5. The number of methoxy groups -OCH3 is 1. The van der Waals surface area contributed by atoms with Crippen molar-refractivity contribution in [3.8, 4) is 0 Å². The summed E-state index contributed by atoms with van der Waals surface area (Å²) in [4.78, 5) is 23.6. The van der Waals surface area contributed by atoms with E-state index in [0.29, 0.717) is 6.67 Å². The van der Waals surface area contributed by atoms with Gasteiger partial charge in [-0.25, -0.2) is 4.79 Å². The number of nitrogens with one attached hydrogen (secondary N) is 3. The molecule has 6 heteroatoms. The first-order valence-corrected chi connectivity index (χ1v) is 8.95. The molecular weight excluding hydrogens is 318 g/mol. The third-order valence-corrected chi connectivity index (χ3v) is 4.25. The smallest absolute Gasteiger partial charge is 0.407 e. The summed E-state index contributed by atoms with van der Waals surface area (Å²) in [5.41, 5.74) is 1.35. The molecule has 0 bridgehead atoms. The average molecular weight is 349 g/mol. The van der Waals surface area contributed by atoms with Gasteiger partial charge in [-0.05, 0) is 37.3 Å². The van der Waals surface area contributed by atoms with Crippen LogP contribution in [0.1, 0.15) is 38.7 Å². The van der Waals surface area contributed by atoms with Gasteiger partial charge in [-0.2, -0.15) is 0 Å². The van der Waals surface area contributed by atoms with Crippen molar-refractivity contribution in [1.29, 1.82) is 0 Å². The van der Waals surface area contributed by atoms with Crippen LogP contribution in [0.4, 0.5) is 4.79 Å². The van der Waals surface area contributed by atoms with Gasteiger partial charge in [0.2, 0.25) is 5.91 Å². The van der Waals surface area contributed by atoms with E-state index in [1.54, 1.807) is 0 Å². The minimum absolute atomic E-state index is 0.0324. The topological polar surface area (TPSA) is 79.5 Å². The van der Waals surface area contributed by atoms with Crippen LogP contribution in [0.3, 0.4) is 0 Å². The molecule has 0 spiro atoms. The molecule has 0 aliphatic carbocycles. The quantitative estimate of drug-likeness (QED) is 0.423. The van der Waals surface area contributed by atoms with Crippen molar-refractivity contribution < 1.29 is 14.3 Å². The fourth-order valence-corrected chi connectivity index (χ4v) is 2.46. The molecule has 1 rings (SSSR count). The summed E-state index contributed by atoms with van der Waals surface area (Å²) in [6, 6.07) is 9.82. The Morgan fingerprint density at radius 3 is 2.52 bits per heavy atom. The second-order valence-electron chi connectivity index (χ2n) is 6.16. The van der Waals surface area contributed by atoms with Gasteiger partial charge in [0.05, 0.1) is 13.8 Å². The monoisotopic (exact) mass is 349 g/mol. The lowest BCUT2D eigenvalue weighted by Crippen LogP contribution is -2.51. The van der Waals surface area contributed by atoms with Gasteiger partial charge in [-0.15, -0.1) is 0 Å². The van der Waals surface area contributed by atoms with Crippen molar-refractivity contribution in [1.82, 2.24) is 16.0 Å². The summed E-state index contributed by atoms with van der Waals surface area (Å²) in [5, 5.41) is 8.62. The van der Waals surface area contributed by atoms with Gasteiger partial charge in [0.1, 0.15) is 6.04 Å². The molecule has 0 aliphatic heterocycles. The van der Waals surface area contributed by atoms with Gasteiger partial charge < -0.3 is 15.4 Å². The van der Waals surface area contributed by atoms with Crippen molar-refractivity contribution >= 4 is 12.0 Å². The molecule has 0 heterocycles. The molecule has 0 aromatic heterocycles. The number of benzene rings is 1. The Morgan fingerprint density at radius 2 is 1.88 bits per heavy atom. The lowest BCUT2D eigenvalue weighted by Gasteiger charge is -2.22. The highest BCUT2D eigenvalue weighted by molar-refractivity contribution is 5.85. The number of hydrogen-bond acceptors (Lipinski definition) is 4. The molecule has 0 unspecified atom stereocenters. The van der Waals surface area contributed by atoms with Crippen molar-refractivity contribution in [2.45, 2.75) is 45.6 Å². The number of carbonyl (C=O) groups excluding carboxylic acids is 2. The molecule has 25 heavy (non-hydrogen) atoms. The van der Waals surface area contributed by atoms with Gasteiger partial charge in [-0.3, -0.25) is 10.1 Å². The number of rotatable bonds is 11. The predicted molar refractivity (Wildman–Crippen MR) is 99.2 cm³/mol. The average Bonchev–Trinajstić information content (AvgIpc) is 2.65. The van der Waals surface area contributed by atoms with Gasteiger partial charge in [-0.1, -0.05) is 50.6 Å². The second-order valence-corrected chi connectivity index (χ2v) is 6.16. The molecule has 0 aliphatic rings. The van der Waals surface area contributed by atoms with E-state index in [1.165, 1.54) is 12.7 Å². The molecule has 140 valence electrons. The first kappa shape index (κ1) is 21.0. The number of aryl methyl sites for hydroxylation is 1. The van der Waals surface area contributed by atoms with Gasteiger partial charge >= 0.3 is 6.09 Å². The van der Waals surface area contributed by atoms with Gasteiger partial charge in [0.25, 0.3) is 0 Å². The van der Waals surface area contributed by atoms with E-state index in [-0.39, 0.29) is 11.8 Å². The van der Waals surface area contributed by atoms with Crippen LogP contribution in [0.15, 0.2) is 30.3 Å². The highest BCUT2D eigenvalue weighted by atomic mass is 16.5. The first-order valence-electron chi connectivity index (χ1n) is 8.95. The molecule has 1 aromatic rings. The summed E-state index contributed by atoms with van der Waals surface area (Å²) in [6.45, 7) is 5.14. The zero-order valence-electron chi connectivity index (χ0n) is 15.5. The van der Waals surface area contributed by atoms with Gasteiger partial charge in [0.15, 0.2) is 0 Å². The number of amides is 2. The van der Waals surface area contributed by atoms with Crippen molar-refractivity contribution in [2.75, 3.05) is 20.3 Å². The number of hydrogen-bond donors (Lipinski definition) is 3. The minimum atomic E-state index is -0.589. The van der Waals surface area contributed by atoms with E-state index in [4.69, 9.17) is 0 Å². The maximum absolute atomic E-state index is 12.2. The molecule has 0 saturated heterocycles. The molecule has 0 fully saturated rings. The number of alkyl carbamates (subject to hydrolysis) is 1. The summed E-state index contributed by atoms with van der Waals surface area (Å²) in [5.74, 6) is -0.165. The molecule has 0 radical (unpaired) electrons. The van der Waals surface area contributed by atoms with Crippen molar-refractivity contribution in [3.63, 3.8) is 0 Å². The summed E-state index contributed by atoms with van der Waals surface area (Å²) in [6.07, 6.45) is 3.40. The Hall–Kier alpha value is -2.08. The third kappa shape index (κ3) is 8.54. The molecular formula is C19H31N3O3. The van der Waals surface area contributed by atoms with E-state index in [1.807, 2.05) is 19.9 Å². The minimum Gasteiger partial charge on any atom is -0.453 e. The normalized spacial score (nSPS) is 12.9. The van der Waals surface area contributed by atoms with Crippen LogP contribution >= 0.6 is 0 Å². The summed E-state index contributed by atoms with van der Waals surface area (Å²) in [7, 11) is 1.29. The van der Waals surface area contributed by atoms with Crippen LogP contribution in [-0.4, -0.2) is 38.4 Å². The molecule has 0 saturated carbocycles. The molecule has 6 nitrogen and oxygen atoms in total. The van der Waals surface area contributed by atoms with E-state index < -0.39 is 12.1 Å². The van der Waals surface area contributed by atoms with Crippen LogP contribution in [-0.2, 0) is 16.0 Å². The molecule has 2 amide bonds. The maximum Gasteiger partial charge on any atom is 0.407 e. The van der Waals surface area contributed by atoms with Crippen LogP contribution < -0.4 is 16.0 Å². The standard InChI is InChI=1S/C19H31N3O3/c1-4-15(2)17(22-19(24)25-3)18(23)21-14-20-13-9-8-12-16-10-6-5-7-11-16/h5-7,10-11,15,17,20H,4,8-9,12-14H2,1-3H3,(H,21,23)(H,22,24)/t15-,17-/m0/s1. The highest BCUT2D eigenvalue weighted by Crippen LogP contribution is 2.08. The summed E-state index contributed by atoms with van der Waals surface area (Å²) < 4.78 is 4.59. The Labute approximate surface area is 150 Å². The Kier molecular flexibility index (Phi) is 10.3.